The third-order valence-electron chi connectivity index (χ3n) is 2.71. The summed E-state index contributed by atoms with van der Waals surface area (Å²) in [5.74, 6) is 0.922. The molecule has 1 aromatic carbocycles. The van der Waals surface area contributed by atoms with Crippen molar-refractivity contribution in [1.29, 1.82) is 0 Å². The molecular weight excluding hydrogens is 226 g/mol. The Morgan fingerprint density at radius 3 is 2.67 bits per heavy atom. The average Bonchev–Trinajstić information content (AvgIpc) is 2.27. The summed E-state index contributed by atoms with van der Waals surface area (Å²) < 4.78 is 5.71. The van der Waals surface area contributed by atoms with Crippen molar-refractivity contribution in [2.24, 2.45) is 0 Å². The van der Waals surface area contributed by atoms with E-state index in [9.17, 15) is 5.11 Å². The number of benzene rings is 1. The van der Waals surface area contributed by atoms with Crippen LogP contribution in [0, 0.1) is 0 Å². The molecule has 102 valence electrons. The number of aryl methyl sites for hydroxylation is 1. The fourth-order valence-corrected chi connectivity index (χ4v) is 1.91. The molecule has 0 aliphatic carbocycles. The van der Waals surface area contributed by atoms with E-state index in [1.54, 1.807) is 0 Å². The predicted molar refractivity (Wildman–Crippen MR) is 75.1 cm³/mol. The lowest BCUT2D eigenvalue weighted by Gasteiger charge is -2.25. The van der Waals surface area contributed by atoms with Gasteiger partial charge in [-0.05, 0) is 45.0 Å². The van der Waals surface area contributed by atoms with Gasteiger partial charge in [0.15, 0.2) is 0 Å². The monoisotopic (exact) mass is 251 g/mol. The maximum atomic E-state index is 9.69. The first-order valence-electron chi connectivity index (χ1n) is 6.53. The van der Waals surface area contributed by atoms with Gasteiger partial charge < -0.3 is 14.7 Å². The fourth-order valence-electron chi connectivity index (χ4n) is 1.91. The molecule has 3 heteroatoms. The molecule has 0 amide bonds. The molecule has 0 saturated heterocycles. The second-order valence-electron chi connectivity index (χ2n) is 5.40. The van der Waals surface area contributed by atoms with Crippen LogP contribution in [0.3, 0.4) is 0 Å². The molecule has 0 bridgehead atoms. The molecule has 0 saturated carbocycles. The van der Waals surface area contributed by atoms with Gasteiger partial charge in [0.25, 0.3) is 0 Å². The highest BCUT2D eigenvalue weighted by molar-refractivity contribution is 5.28. The molecule has 3 nitrogen and oxygen atoms in total. The number of hydrogen-bond donors (Lipinski definition) is 1. The van der Waals surface area contributed by atoms with Gasteiger partial charge in [-0.15, -0.1) is 0 Å². The Hall–Kier alpha value is -1.06. The number of hydrogen-bond acceptors (Lipinski definition) is 3. The van der Waals surface area contributed by atoms with Crippen LogP contribution in [0.2, 0.25) is 0 Å². The van der Waals surface area contributed by atoms with Crippen LogP contribution in [0.5, 0.6) is 5.75 Å². The van der Waals surface area contributed by atoms with Crippen LogP contribution < -0.4 is 4.74 Å². The Balaban J connectivity index is 2.32. The molecule has 0 heterocycles. The average molecular weight is 251 g/mol. The van der Waals surface area contributed by atoms with Crippen molar-refractivity contribution >= 4 is 0 Å². The van der Waals surface area contributed by atoms with Gasteiger partial charge in [-0.2, -0.15) is 0 Å². The Bertz CT molecular complexity index is 358. The number of nitrogens with zero attached hydrogens (tertiary/aromatic N) is 1. The van der Waals surface area contributed by atoms with E-state index in [4.69, 9.17) is 4.74 Å². The van der Waals surface area contributed by atoms with Gasteiger partial charge in [0.05, 0.1) is 5.60 Å². The normalized spacial score (nSPS) is 11.9. The van der Waals surface area contributed by atoms with Crippen molar-refractivity contribution in [2.75, 3.05) is 26.7 Å². The summed E-state index contributed by atoms with van der Waals surface area (Å²) in [6.45, 7) is 7.85. The molecule has 0 aliphatic heterocycles. The summed E-state index contributed by atoms with van der Waals surface area (Å²) in [6.07, 6.45) is 1.02. The van der Waals surface area contributed by atoms with Crippen molar-refractivity contribution < 1.29 is 9.84 Å². The van der Waals surface area contributed by atoms with Crippen molar-refractivity contribution in [1.82, 2.24) is 4.90 Å². The van der Waals surface area contributed by atoms with Crippen LogP contribution in [-0.4, -0.2) is 42.4 Å². The van der Waals surface area contributed by atoms with Crippen molar-refractivity contribution in [3.8, 4) is 5.75 Å². The maximum absolute atomic E-state index is 9.69. The Kier molecular flexibility index (Phi) is 5.63. The predicted octanol–water partition coefficient (Wildman–Crippen LogP) is 2.33. The minimum atomic E-state index is -0.656. The summed E-state index contributed by atoms with van der Waals surface area (Å²) >= 11 is 0. The minimum Gasteiger partial charge on any atom is -0.492 e. The molecule has 1 rings (SSSR count). The molecule has 0 spiro atoms. The maximum Gasteiger partial charge on any atom is 0.119 e. The van der Waals surface area contributed by atoms with E-state index in [0.29, 0.717) is 13.2 Å². The van der Waals surface area contributed by atoms with Crippen LogP contribution in [-0.2, 0) is 6.42 Å². The molecule has 0 unspecified atom stereocenters. The van der Waals surface area contributed by atoms with E-state index >= 15 is 0 Å². The summed E-state index contributed by atoms with van der Waals surface area (Å²) in [4.78, 5) is 2.07. The van der Waals surface area contributed by atoms with Crippen LogP contribution in [0.4, 0.5) is 0 Å². The summed E-state index contributed by atoms with van der Waals surface area (Å²) in [6, 6.07) is 8.19. The molecule has 0 aliphatic rings. The Morgan fingerprint density at radius 1 is 1.33 bits per heavy atom. The van der Waals surface area contributed by atoms with Gasteiger partial charge >= 0.3 is 0 Å². The third kappa shape index (κ3) is 6.03. The number of ether oxygens (including phenoxy) is 1. The molecule has 0 atom stereocenters. The van der Waals surface area contributed by atoms with Gasteiger partial charge in [-0.25, -0.2) is 0 Å². The lowest BCUT2D eigenvalue weighted by atomic mass is 10.1. The summed E-state index contributed by atoms with van der Waals surface area (Å²) in [5, 5.41) is 9.69. The zero-order valence-electron chi connectivity index (χ0n) is 11.9. The first-order chi connectivity index (χ1) is 8.40. The van der Waals surface area contributed by atoms with Gasteiger partial charge in [-0.1, -0.05) is 19.1 Å². The molecule has 0 fully saturated rings. The highest BCUT2D eigenvalue weighted by atomic mass is 16.5. The largest absolute Gasteiger partial charge is 0.492 e. The first kappa shape index (κ1) is 15.0. The third-order valence-corrected chi connectivity index (χ3v) is 2.71. The van der Waals surface area contributed by atoms with Crippen LogP contribution in [0.1, 0.15) is 26.3 Å². The lowest BCUT2D eigenvalue weighted by molar-refractivity contribution is 0.0411. The van der Waals surface area contributed by atoms with Crippen LogP contribution >= 0.6 is 0 Å². The quantitative estimate of drug-likeness (QED) is 0.807. The van der Waals surface area contributed by atoms with E-state index in [2.05, 4.69) is 24.0 Å². The molecule has 0 aromatic heterocycles. The lowest BCUT2D eigenvalue weighted by Crippen LogP contribution is -2.38. The first-order valence-corrected chi connectivity index (χ1v) is 6.53. The van der Waals surface area contributed by atoms with Crippen LogP contribution in [0.15, 0.2) is 24.3 Å². The van der Waals surface area contributed by atoms with Gasteiger partial charge in [0, 0.05) is 13.1 Å². The van der Waals surface area contributed by atoms with Crippen molar-refractivity contribution in [3.63, 3.8) is 0 Å². The highest BCUT2D eigenvalue weighted by Gasteiger charge is 2.15. The second kappa shape index (κ2) is 6.76. The summed E-state index contributed by atoms with van der Waals surface area (Å²) in [7, 11) is 1.99. The highest BCUT2D eigenvalue weighted by Crippen LogP contribution is 2.13. The standard InChI is InChI=1S/C15H25NO2/c1-5-13-7-6-8-14(11-13)18-10-9-16(4)12-15(2,3)17/h6-8,11,17H,5,9-10,12H2,1-4H3. The number of aliphatic hydroxyl groups is 1. The van der Waals surface area contributed by atoms with Crippen molar-refractivity contribution in [3.05, 3.63) is 29.8 Å². The van der Waals surface area contributed by atoms with E-state index < -0.39 is 5.60 Å². The Morgan fingerprint density at radius 2 is 2.06 bits per heavy atom. The SMILES string of the molecule is CCc1cccc(OCCN(C)CC(C)(C)O)c1. The van der Waals surface area contributed by atoms with Gasteiger partial charge in [-0.3, -0.25) is 0 Å². The van der Waals surface area contributed by atoms with Gasteiger partial charge in [0.2, 0.25) is 0 Å². The van der Waals surface area contributed by atoms with Crippen molar-refractivity contribution in [2.45, 2.75) is 32.8 Å². The number of likely N-dealkylation sites (N-methyl/N-ethyl adjacent to an activating group) is 1. The molecule has 18 heavy (non-hydrogen) atoms. The number of rotatable bonds is 7. The molecular formula is C15H25NO2. The molecule has 1 N–H and O–H groups in total. The molecule has 0 radical (unpaired) electrons. The van der Waals surface area contributed by atoms with E-state index in [0.717, 1.165) is 18.7 Å². The zero-order valence-corrected chi connectivity index (χ0v) is 11.9. The second-order valence-corrected chi connectivity index (χ2v) is 5.40. The smallest absolute Gasteiger partial charge is 0.119 e. The molecule has 1 aromatic rings. The van der Waals surface area contributed by atoms with Crippen LogP contribution in [0.25, 0.3) is 0 Å². The van der Waals surface area contributed by atoms with E-state index in [1.807, 2.05) is 33.0 Å². The minimum absolute atomic E-state index is 0.639. The topological polar surface area (TPSA) is 32.7 Å². The Labute approximate surface area is 110 Å². The van der Waals surface area contributed by atoms with Gasteiger partial charge in [0.1, 0.15) is 12.4 Å². The summed E-state index contributed by atoms with van der Waals surface area (Å²) in [5.41, 5.74) is 0.633. The van der Waals surface area contributed by atoms with E-state index in [-0.39, 0.29) is 0 Å². The zero-order chi connectivity index (χ0) is 13.6. The fraction of sp³-hybridized carbons (Fsp3) is 0.600. The van der Waals surface area contributed by atoms with E-state index in [1.165, 1.54) is 5.56 Å².